The van der Waals surface area contributed by atoms with E-state index >= 15 is 0 Å². The van der Waals surface area contributed by atoms with Crippen molar-refractivity contribution in [1.29, 1.82) is 0 Å². The summed E-state index contributed by atoms with van der Waals surface area (Å²) in [5.74, 6) is -1.75. The van der Waals surface area contributed by atoms with E-state index in [-0.39, 0.29) is 24.3 Å². The monoisotopic (exact) mass is 300 g/mol. The number of rotatable bonds is 5. The first kappa shape index (κ1) is 17.3. The smallest absolute Gasteiger partial charge is 0.329 e. The van der Waals surface area contributed by atoms with Gasteiger partial charge in [-0.05, 0) is 18.8 Å². The molecule has 0 aromatic rings. The molecule has 1 heterocycles. The Bertz CT molecular complexity index is 420. The largest absolute Gasteiger partial charge is 0.480 e. The van der Waals surface area contributed by atoms with E-state index in [1.54, 1.807) is 13.8 Å². The number of methoxy groups -OCH3 is 1. The van der Waals surface area contributed by atoms with Gasteiger partial charge in [-0.25, -0.2) is 9.59 Å². The van der Waals surface area contributed by atoms with E-state index in [0.717, 1.165) is 0 Å². The number of carbonyl (C=O) groups is 3. The number of ether oxygens (including phenoxy) is 1. The summed E-state index contributed by atoms with van der Waals surface area (Å²) in [4.78, 5) is 36.8. The lowest BCUT2D eigenvalue weighted by atomic mass is 9.93. The van der Waals surface area contributed by atoms with Crippen LogP contribution in [0.3, 0.4) is 0 Å². The lowest BCUT2D eigenvalue weighted by molar-refractivity contribution is -0.146. The van der Waals surface area contributed by atoms with Crippen LogP contribution in [0.1, 0.15) is 33.6 Å². The van der Waals surface area contributed by atoms with Crippen molar-refractivity contribution in [3.63, 3.8) is 0 Å². The van der Waals surface area contributed by atoms with Crippen molar-refractivity contribution >= 4 is 18.0 Å². The summed E-state index contributed by atoms with van der Waals surface area (Å²) in [6.45, 7) is 5.99. The molecule has 0 bridgehead atoms. The highest BCUT2D eigenvalue weighted by atomic mass is 16.5. The van der Waals surface area contributed by atoms with Crippen LogP contribution in [-0.4, -0.2) is 53.7 Å². The predicted octanol–water partition coefficient (Wildman–Crippen LogP) is 1.08. The summed E-state index contributed by atoms with van der Waals surface area (Å²) in [5.41, 5.74) is -1.26. The number of carboxylic acid groups (broad SMARTS) is 1. The molecule has 2 N–H and O–H groups in total. The molecule has 2 atom stereocenters. The van der Waals surface area contributed by atoms with Gasteiger partial charge in [0, 0.05) is 13.1 Å². The van der Waals surface area contributed by atoms with Gasteiger partial charge in [0.1, 0.15) is 5.54 Å². The zero-order chi connectivity index (χ0) is 16.2. The molecule has 0 radical (unpaired) electrons. The van der Waals surface area contributed by atoms with Gasteiger partial charge in [-0.3, -0.25) is 4.79 Å². The fourth-order valence-corrected chi connectivity index (χ4v) is 2.66. The molecule has 2 unspecified atom stereocenters. The van der Waals surface area contributed by atoms with Crippen LogP contribution in [0.2, 0.25) is 0 Å². The second-order valence-electron chi connectivity index (χ2n) is 5.54. The second-order valence-corrected chi connectivity index (χ2v) is 5.54. The van der Waals surface area contributed by atoms with E-state index in [9.17, 15) is 19.5 Å². The third-order valence-corrected chi connectivity index (χ3v) is 4.37. The fourth-order valence-electron chi connectivity index (χ4n) is 2.66. The lowest BCUT2D eigenvalue weighted by Crippen LogP contribution is -2.57. The van der Waals surface area contributed by atoms with E-state index in [1.807, 2.05) is 6.92 Å². The molecule has 1 aliphatic rings. The zero-order valence-electron chi connectivity index (χ0n) is 13.0. The first-order chi connectivity index (χ1) is 9.81. The number of likely N-dealkylation sites (tertiary alicyclic amines) is 1. The number of amides is 2. The third-order valence-electron chi connectivity index (χ3n) is 4.37. The summed E-state index contributed by atoms with van der Waals surface area (Å²) in [7, 11) is 1.32. The molecule has 120 valence electrons. The molecular weight excluding hydrogens is 276 g/mol. The summed E-state index contributed by atoms with van der Waals surface area (Å²) in [6.07, 6.45) is 0.600. The highest BCUT2D eigenvalue weighted by Gasteiger charge is 2.42. The number of carboxylic acids is 1. The Balaban J connectivity index is 2.77. The SMILES string of the molecule is CCC(CC)(NC(=O)N1CC(C)C(C(=O)OC)C1)C(=O)O. The van der Waals surface area contributed by atoms with Crippen molar-refractivity contribution in [2.24, 2.45) is 11.8 Å². The first-order valence-electron chi connectivity index (χ1n) is 7.19. The molecule has 0 saturated carbocycles. The Morgan fingerprint density at radius 3 is 2.29 bits per heavy atom. The third kappa shape index (κ3) is 3.46. The van der Waals surface area contributed by atoms with Gasteiger partial charge < -0.3 is 20.1 Å². The van der Waals surface area contributed by atoms with Gasteiger partial charge in [0.25, 0.3) is 0 Å². The minimum absolute atomic E-state index is 0.00863. The van der Waals surface area contributed by atoms with Crippen molar-refractivity contribution < 1.29 is 24.2 Å². The van der Waals surface area contributed by atoms with Crippen molar-refractivity contribution in [3.05, 3.63) is 0 Å². The molecular formula is C14H24N2O5. The number of hydrogen-bond donors (Lipinski definition) is 2. The molecule has 0 spiro atoms. The highest BCUT2D eigenvalue weighted by Crippen LogP contribution is 2.25. The topological polar surface area (TPSA) is 95.9 Å². The molecule has 7 heteroatoms. The van der Waals surface area contributed by atoms with Crippen LogP contribution >= 0.6 is 0 Å². The average molecular weight is 300 g/mol. The standard InChI is InChI=1S/C14H24N2O5/c1-5-14(6-2,12(18)19)15-13(20)16-7-9(3)10(8-16)11(17)21-4/h9-10H,5-8H2,1-4H3,(H,15,20)(H,18,19). The molecule has 2 amide bonds. The van der Waals surface area contributed by atoms with Gasteiger partial charge in [-0.15, -0.1) is 0 Å². The van der Waals surface area contributed by atoms with Crippen molar-refractivity contribution in [3.8, 4) is 0 Å². The Labute approximate surface area is 124 Å². The number of nitrogens with zero attached hydrogens (tertiary/aromatic N) is 1. The van der Waals surface area contributed by atoms with Crippen LogP contribution in [0.4, 0.5) is 4.79 Å². The maximum atomic E-state index is 12.3. The van der Waals surface area contributed by atoms with E-state index in [1.165, 1.54) is 12.0 Å². The van der Waals surface area contributed by atoms with Crippen LogP contribution in [0.15, 0.2) is 0 Å². The Morgan fingerprint density at radius 2 is 1.86 bits per heavy atom. The quantitative estimate of drug-likeness (QED) is 0.741. The van der Waals surface area contributed by atoms with E-state index in [0.29, 0.717) is 19.4 Å². The number of esters is 1. The summed E-state index contributed by atoms with van der Waals surface area (Å²) in [5, 5.41) is 11.9. The number of aliphatic carboxylic acids is 1. The van der Waals surface area contributed by atoms with Crippen LogP contribution in [-0.2, 0) is 14.3 Å². The van der Waals surface area contributed by atoms with Gasteiger partial charge in [-0.2, -0.15) is 0 Å². The summed E-state index contributed by atoms with van der Waals surface area (Å²) in [6, 6.07) is -0.445. The summed E-state index contributed by atoms with van der Waals surface area (Å²) >= 11 is 0. The molecule has 0 aromatic carbocycles. The van der Waals surface area contributed by atoms with Crippen LogP contribution in [0, 0.1) is 11.8 Å². The van der Waals surface area contributed by atoms with Gasteiger partial charge in [0.05, 0.1) is 13.0 Å². The summed E-state index contributed by atoms with van der Waals surface area (Å²) < 4.78 is 4.72. The predicted molar refractivity (Wildman–Crippen MR) is 75.7 cm³/mol. The number of hydrogen-bond acceptors (Lipinski definition) is 4. The van der Waals surface area contributed by atoms with Gasteiger partial charge in [0.15, 0.2) is 0 Å². The highest BCUT2D eigenvalue weighted by molar-refractivity contribution is 5.86. The van der Waals surface area contributed by atoms with Crippen LogP contribution < -0.4 is 5.32 Å². The van der Waals surface area contributed by atoms with Crippen LogP contribution in [0.25, 0.3) is 0 Å². The van der Waals surface area contributed by atoms with Crippen molar-refractivity contribution in [1.82, 2.24) is 10.2 Å². The van der Waals surface area contributed by atoms with E-state index < -0.39 is 17.5 Å². The molecule has 7 nitrogen and oxygen atoms in total. The van der Waals surface area contributed by atoms with Gasteiger partial charge in [0.2, 0.25) is 0 Å². The number of carbonyl (C=O) groups excluding carboxylic acids is 2. The Hall–Kier alpha value is -1.79. The van der Waals surface area contributed by atoms with Gasteiger partial charge in [-0.1, -0.05) is 20.8 Å². The van der Waals surface area contributed by atoms with Crippen molar-refractivity contribution in [2.45, 2.75) is 39.2 Å². The molecule has 21 heavy (non-hydrogen) atoms. The van der Waals surface area contributed by atoms with Crippen LogP contribution in [0.5, 0.6) is 0 Å². The molecule has 0 aromatic heterocycles. The van der Waals surface area contributed by atoms with E-state index in [4.69, 9.17) is 4.74 Å². The molecule has 1 rings (SSSR count). The zero-order valence-corrected chi connectivity index (χ0v) is 13.0. The maximum Gasteiger partial charge on any atom is 0.329 e. The minimum Gasteiger partial charge on any atom is -0.480 e. The Morgan fingerprint density at radius 1 is 1.29 bits per heavy atom. The number of nitrogens with one attached hydrogen (secondary N) is 1. The normalized spacial score (nSPS) is 22.0. The lowest BCUT2D eigenvalue weighted by Gasteiger charge is -2.30. The van der Waals surface area contributed by atoms with Gasteiger partial charge >= 0.3 is 18.0 Å². The first-order valence-corrected chi connectivity index (χ1v) is 7.19. The average Bonchev–Trinajstić information content (AvgIpc) is 2.85. The maximum absolute atomic E-state index is 12.3. The second kappa shape index (κ2) is 6.78. The van der Waals surface area contributed by atoms with Crippen molar-refractivity contribution in [2.75, 3.05) is 20.2 Å². The molecule has 1 saturated heterocycles. The number of urea groups is 1. The Kier molecular flexibility index (Phi) is 5.57. The minimum atomic E-state index is -1.26. The molecule has 1 fully saturated rings. The van der Waals surface area contributed by atoms with E-state index in [2.05, 4.69) is 5.32 Å². The fraction of sp³-hybridized carbons (Fsp3) is 0.786. The molecule has 0 aliphatic carbocycles. The molecule has 1 aliphatic heterocycles.